The molecule has 0 aliphatic heterocycles. The molecule has 0 radical (unpaired) electrons. The number of aryl methyl sites for hydroxylation is 3. The van der Waals surface area contributed by atoms with Crippen molar-refractivity contribution in [2.75, 3.05) is 5.73 Å². The molecule has 20 heavy (non-hydrogen) atoms. The number of halogens is 1. The Hall–Kier alpha value is -1.49. The van der Waals surface area contributed by atoms with E-state index in [1.807, 2.05) is 37.6 Å². The summed E-state index contributed by atoms with van der Waals surface area (Å²) in [5.74, 6) is 0.860. The van der Waals surface area contributed by atoms with Gasteiger partial charge in [0.25, 0.3) is 0 Å². The molecule has 1 heterocycles. The maximum absolute atomic E-state index is 6.00. The van der Waals surface area contributed by atoms with Crippen molar-refractivity contribution in [3.8, 4) is 5.75 Å². The van der Waals surface area contributed by atoms with E-state index in [9.17, 15) is 0 Å². The summed E-state index contributed by atoms with van der Waals surface area (Å²) in [6.45, 7) is 9.35. The third kappa shape index (κ3) is 2.68. The summed E-state index contributed by atoms with van der Waals surface area (Å²) in [5.41, 5.74) is 10.8. The molecule has 0 fully saturated rings. The third-order valence-corrected chi connectivity index (χ3v) is 4.48. The lowest BCUT2D eigenvalue weighted by Crippen LogP contribution is -2.08. The number of hydrogen-bond donors (Lipinski definition) is 1. The van der Waals surface area contributed by atoms with Gasteiger partial charge in [-0.25, -0.2) is 0 Å². The molecule has 0 spiro atoms. The first-order valence-electron chi connectivity index (χ1n) is 6.66. The van der Waals surface area contributed by atoms with Crippen molar-refractivity contribution in [1.82, 2.24) is 9.78 Å². The number of ether oxygens (including phenoxy) is 1. The molecule has 0 bridgehead atoms. The van der Waals surface area contributed by atoms with Gasteiger partial charge in [0.2, 0.25) is 0 Å². The van der Waals surface area contributed by atoms with E-state index in [1.165, 1.54) is 0 Å². The number of benzene rings is 1. The van der Waals surface area contributed by atoms with Crippen molar-refractivity contribution >= 4 is 21.6 Å². The van der Waals surface area contributed by atoms with Gasteiger partial charge in [0.1, 0.15) is 12.4 Å². The second-order valence-electron chi connectivity index (χ2n) is 4.88. The number of anilines is 1. The first kappa shape index (κ1) is 14.9. The molecule has 4 nitrogen and oxygen atoms in total. The van der Waals surface area contributed by atoms with E-state index in [0.717, 1.165) is 45.0 Å². The van der Waals surface area contributed by atoms with E-state index in [0.29, 0.717) is 6.61 Å². The lowest BCUT2D eigenvalue weighted by atomic mass is 10.1. The molecule has 1 aromatic carbocycles. The predicted octanol–water partition coefficient (Wildman–Crippen LogP) is 3.75. The molecule has 0 saturated carbocycles. The summed E-state index contributed by atoms with van der Waals surface area (Å²) in [6.07, 6.45) is 0. The molecule has 5 heteroatoms. The molecule has 108 valence electrons. The fourth-order valence-electron chi connectivity index (χ4n) is 2.21. The van der Waals surface area contributed by atoms with Crippen LogP contribution in [0.3, 0.4) is 0 Å². The van der Waals surface area contributed by atoms with Gasteiger partial charge in [0, 0.05) is 17.8 Å². The minimum atomic E-state index is 0.473. The Bertz CT molecular complexity index is 635. The second kappa shape index (κ2) is 5.87. The summed E-state index contributed by atoms with van der Waals surface area (Å²) < 4.78 is 8.97. The van der Waals surface area contributed by atoms with Crippen LogP contribution < -0.4 is 10.5 Å². The van der Waals surface area contributed by atoms with Crippen molar-refractivity contribution < 1.29 is 4.74 Å². The first-order valence-corrected chi connectivity index (χ1v) is 7.45. The van der Waals surface area contributed by atoms with Gasteiger partial charge in [0.15, 0.2) is 0 Å². The Morgan fingerprint density at radius 2 is 2.00 bits per heavy atom. The fraction of sp³-hybridized carbons (Fsp3) is 0.400. The molecule has 0 saturated heterocycles. The average Bonchev–Trinajstić information content (AvgIpc) is 2.70. The average molecular weight is 338 g/mol. The molecular formula is C15H20BrN3O. The Morgan fingerprint density at radius 3 is 2.65 bits per heavy atom. The zero-order chi connectivity index (χ0) is 14.9. The van der Waals surface area contributed by atoms with E-state index in [4.69, 9.17) is 10.5 Å². The van der Waals surface area contributed by atoms with Crippen LogP contribution in [0.15, 0.2) is 16.6 Å². The van der Waals surface area contributed by atoms with Gasteiger partial charge in [-0.3, -0.25) is 4.68 Å². The number of nitrogens with zero attached hydrogens (tertiary/aromatic N) is 2. The Labute approximate surface area is 128 Å². The Balaban J connectivity index is 2.28. The molecule has 0 aliphatic carbocycles. The second-order valence-corrected chi connectivity index (χ2v) is 5.67. The van der Waals surface area contributed by atoms with Gasteiger partial charge in [-0.15, -0.1) is 0 Å². The smallest absolute Gasteiger partial charge is 0.131 e. The van der Waals surface area contributed by atoms with Crippen LogP contribution >= 0.6 is 15.9 Å². The van der Waals surface area contributed by atoms with Crippen LogP contribution in [-0.2, 0) is 13.2 Å². The third-order valence-electron chi connectivity index (χ3n) is 3.45. The van der Waals surface area contributed by atoms with E-state index in [1.54, 1.807) is 0 Å². The normalized spacial score (nSPS) is 10.8. The van der Waals surface area contributed by atoms with E-state index < -0.39 is 0 Å². The molecule has 2 aromatic rings. The lowest BCUT2D eigenvalue weighted by Gasteiger charge is -2.14. The van der Waals surface area contributed by atoms with Crippen molar-refractivity contribution in [1.29, 1.82) is 0 Å². The van der Waals surface area contributed by atoms with Crippen LogP contribution in [0, 0.1) is 20.8 Å². The van der Waals surface area contributed by atoms with Gasteiger partial charge in [-0.2, -0.15) is 5.10 Å². The van der Waals surface area contributed by atoms with Crippen molar-refractivity contribution in [3.05, 3.63) is 39.1 Å². The molecule has 1 aromatic heterocycles. The zero-order valence-corrected chi connectivity index (χ0v) is 13.9. The Kier molecular flexibility index (Phi) is 4.38. The maximum atomic E-state index is 6.00. The largest absolute Gasteiger partial charge is 0.487 e. The highest BCUT2D eigenvalue weighted by atomic mass is 79.9. The lowest BCUT2D eigenvalue weighted by molar-refractivity contribution is 0.288. The van der Waals surface area contributed by atoms with Crippen LogP contribution in [0.25, 0.3) is 0 Å². The number of nitrogens with two attached hydrogens (primary N) is 1. The topological polar surface area (TPSA) is 53.1 Å². The molecule has 0 aliphatic rings. The molecule has 2 rings (SSSR count). The van der Waals surface area contributed by atoms with E-state index in [2.05, 4.69) is 28.0 Å². The summed E-state index contributed by atoms with van der Waals surface area (Å²) >= 11 is 3.58. The number of hydrogen-bond acceptors (Lipinski definition) is 3. The monoisotopic (exact) mass is 337 g/mol. The van der Waals surface area contributed by atoms with Crippen molar-refractivity contribution in [2.24, 2.45) is 0 Å². The molecule has 0 amide bonds. The molecule has 2 N–H and O–H groups in total. The highest BCUT2D eigenvalue weighted by Crippen LogP contribution is 2.29. The first-order chi connectivity index (χ1) is 9.45. The molecule has 0 atom stereocenters. The van der Waals surface area contributed by atoms with Crippen LogP contribution in [0.1, 0.15) is 29.4 Å². The molecular weight excluding hydrogens is 318 g/mol. The summed E-state index contributed by atoms with van der Waals surface area (Å²) in [5, 5.41) is 4.47. The highest BCUT2D eigenvalue weighted by Gasteiger charge is 2.14. The van der Waals surface area contributed by atoms with Crippen LogP contribution in [0.2, 0.25) is 0 Å². The summed E-state index contributed by atoms with van der Waals surface area (Å²) in [7, 11) is 0. The van der Waals surface area contributed by atoms with Crippen LogP contribution in [0.5, 0.6) is 5.75 Å². The van der Waals surface area contributed by atoms with Gasteiger partial charge in [0.05, 0.1) is 15.9 Å². The van der Waals surface area contributed by atoms with Gasteiger partial charge in [-0.05, 0) is 55.3 Å². The highest BCUT2D eigenvalue weighted by molar-refractivity contribution is 9.10. The van der Waals surface area contributed by atoms with Gasteiger partial charge < -0.3 is 10.5 Å². The fourth-order valence-corrected chi connectivity index (χ4v) is 2.61. The van der Waals surface area contributed by atoms with Crippen molar-refractivity contribution in [2.45, 2.75) is 40.8 Å². The number of aromatic nitrogens is 2. The predicted molar refractivity (Wildman–Crippen MR) is 85.0 cm³/mol. The van der Waals surface area contributed by atoms with E-state index >= 15 is 0 Å². The van der Waals surface area contributed by atoms with Crippen LogP contribution in [-0.4, -0.2) is 9.78 Å². The quantitative estimate of drug-likeness (QED) is 0.864. The molecule has 0 unspecified atom stereocenters. The summed E-state index contributed by atoms with van der Waals surface area (Å²) in [6, 6.07) is 3.89. The van der Waals surface area contributed by atoms with Crippen molar-refractivity contribution in [3.63, 3.8) is 0 Å². The number of nitrogen functional groups attached to an aromatic ring is 1. The zero-order valence-electron chi connectivity index (χ0n) is 12.3. The standard InChI is InChI=1S/C15H20BrN3O/c1-5-19-13(14(16)11(4)18-19)8-20-15-9(2)6-7-12(17)10(15)3/h6-7H,5,8,17H2,1-4H3. The van der Waals surface area contributed by atoms with E-state index in [-0.39, 0.29) is 0 Å². The Morgan fingerprint density at radius 1 is 1.30 bits per heavy atom. The van der Waals surface area contributed by atoms with Gasteiger partial charge >= 0.3 is 0 Å². The minimum Gasteiger partial charge on any atom is -0.487 e. The minimum absolute atomic E-state index is 0.473. The SMILES string of the molecule is CCn1nc(C)c(Br)c1COc1c(C)ccc(N)c1C. The maximum Gasteiger partial charge on any atom is 0.131 e. The number of rotatable bonds is 4. The summed E-state index contributed by atoms with van der Waals surface area (Å²) in [4.78, 5) is 0. The van der Waals surface area contributed by atoms with Gasteiger partial charge in [-0.1, -0.05) is 6.07 Å². The van der Waals surface area contributed by atoms with Crippen LogP contribution in [0.4, 0.5) is 5.69 Å².